The first-order valence-corrected chi connectivity index (χ1v) is 7.81. The lowest BCUT2D eigenvalue weighted by Gasteiger charge is -2.14. The summed E-state index contributed by atoms with van der Waals surface area (Å²) in [5.41, 5.74) is 3.31. The minimum atomic E-state index is -0.180. The molecule has 1 fully saturated rings. The zero-order chi connectivity index (χ0) is 15.4. The van der Waals surface area contributed by atoms with E-state index >= 15 is 0 Å². The Morgan fingerprint density at radius 1 is 1.14 bits per heavy atom. The minimum Gasteiger partial charge on any atom is -0.382 e. The molecule has 0 spiro atoms. The van der Waals surface area contributed by atoms with Crippen LogP contribution in [0.2, 0.25) is 0 Å². The van der Waals surface area contributed by atoms with Crippen LogP contribution in [0.5, 0.6) is 0 Å². The SMILES string of the molecule is Cc1cccc(NC(=O)c2cc(NC3CCCC3)ccn2)c1. The third-order valence-corrected chi connectivity index (χ3v) is 3.99. The Morgan fingerprint density at radius 3 is 2.73 bits per heavy atom. The predicted octanol–water partition coefficient (Wildman–Crippen LogP) is 4.00. The zero-order valence-corrected chi connectivity index (χ0v) is 12.8. The van der Waals surface area contributed by atoms with Crippen molar-refractivity contribution in [3.8, 4) is 0 Å². The van der Waals surface area contributed by atoms with Crippen molar-refractivity contribution in [3.63, 3.8) is 0 Å². The van der Waals surface area contributed by atoms with Crippen LogP contribution in [0.25, 0.3) is 0 Å². The van der Waals surface area contributed by atoms with Gasteiger partial charge in [0.1, 0.15) is 5.69 Å². The van der Waals surface area contributed by atoms with Gasteiger partial charge in [-0.2, -0.15) is 0 Å². The van der Waals surface area contributed by atoms with Crippen LogP contribution in [-0.2, 0) is 0 Å². The monoisotopic (exact) mass is 295 g/mol. The fourth-order valence-corrected chi connectivity index (χ4v) is 2.87. The number of aromatic nitrogens is 1. The molecule has 0 bridgehead atoms. The van der Waals surface area contributed by atoms with E-state index in [0.29, 0.717) is 11.7 Å². The number of rotatable bonds is 4. The second-order valence-electron chi connectivity index (χ2n) is 5.88. The van der Waals surface area contributed by atoms with Gasteiger partial charge in [0.2, 0.25) is 0 Å². The molecular weight excluding hydrogens is 274 g/mol. The predicted molar refractivity (Wildman–Crippen MR) is 89.2 cm³/mol. The Hall–Kier alpha value is -2.36. The first kappa shape index (κ1) is 14.6. The quantitative estimate of drug-likeness (QED) is 0.896. The van der Waals surface area contributed by atoms with Crippen molar-refractivity contribution in [2.75, 3.05) is 10.6 Å². The van der Waals surface area contributed by atoms with Gasteiger partial charge in [-0.1, -0.05) is 25.0 Å². The molecule has 0 unspecified atom stereocenters. The van der Waals surface area contributed by atoms with E-state index in [1.165, 1.54) is 25.7 Å². The number of hydrogen-bond acceptors (Lipinski definition) is 3. The molecule has 1 heterocycles. The Labute approximate surface area is 131 Å². The Bertz CT molecular complexity index is 663. The molecule has 0 radical (unpaired) electrons. The van der Waals surface area contributed by atoms with Crippen LogP contribution in [0.3, 0.4) is 0 Å². The third-order valence-electron chi connectivity index (χ3n) is 3.99. The lowest BCUT2D eigenvalue weighted by atomic mass is 10.2. The highest BCUT2D eigenvalue weighted by Gasteiger charge is 2.15. The number of carbonyl (C=O) groups excluding carboxylic acids is 1. The van der Waals surface area contributed by atoms with Crippen LogP contribution in [0.15, 0.2) is 42.6 Å². The van der Waals surface area contributed by atoms with Gasteiger partial charge in [0.15, 0.2) is 0 Å². The fourth-order valence-electron chi connectivity index (χ4n) is 2.87. The fraction of sp³-hybridized carbons (Fsp3) is 0.333. The Balaban J connectivity index is 1.69. The molecule has 1 aromatic heterocycles. The number of anilines is 2. The second kappa shape index (κ2) is 6.60. The number of pyridine rings is 1. The highest BCUT2D eigenvalue weighted by atomic mass is 16.1. The van der Waals surface area contributed by atoms with Crippen LogP contribution >= 0.6 is 0 Å². The molecule has 0 atom stereocenters. The number of amides is 1. The summed E-state index contributed by atoms with van der Waals surface area (Å²) in [5, 5.41) is 6.38. The average Bonchev–Trinajstić information content (AvgIpc) is 3.00. The third kappa shape index (κ3) is 3.64. The summed E-state index contributed by atoms with van der Waals surface area (Å²) in [4.78, 5) is 16.5. The van der Waals surface area contributed by atoms with Crippen LogP contribution in [0.1, 0.15) is 41.7 Å². The molecule has 114 valence electrons. The van der Waals surface area contributed by atoms with Gasteiger partial charge in [0.05, 0.1) is 0 Å². The first-order valence-electron chi connectivity index (χ1n) is 7.81. The molecule has 4 heteroatoms. The number of aryl methyl sites for hydroxylation is 1. The van der Waals surface area contributed by atoms with Crippen molar-refractivity contribution in [2.45, 2.75) is 38.6 Å². The van der Waals surface area contributed by atoms with Crippen molar-refractivity contribution in [1.29, 1.82) is 0 Å². The lowest BCUT2D eigenvalue weighted by Crippen LogP contribution is -2.17. The molecule has 4 nitrogen and oxygen atoms in total. The van der Waals surface area contributed by atoms with Crippen LogP contribution in [-0.4, -0.2) is 16.9 Å². The maximum absolute atomic E-state index is 12.3. The van der Waals surface area contributed by atoms with Gasteiger partial charge >= 0.3 is 0 Å². The molecule has 0 saturated heterocycles. The van der Waals surface area contributed by atoms with E-state index in [-0.39, 0.29) is 5.91 Å². The maximum Gasteiger partial charge on any atom is 0.274 e. The molecule has 0 aliphatic heterocycles. The van der Waals surface area contributed by atoms with Crippen molar-refractivity contribution in [3.05, 3.63) is 53.9 Å². The largest absolute Gasteiger partial charge is 0.382 e. The summed E-state index contributed by atoms with van der Waals surface area (Å²) in [7, 11) is 0. The normalized spacial score (nSPS) is 14.8. The van der Waals surface area contributed by atoms with Crippen molar-refractivity contribution < 1.29 is 4.79 Å². The topological polar surface area (TPSA) is 54.0 Å². The van der Waals surface area contributed by atoms with Gasteiger partial charge in [0, 0.05) is 23.6 Å². The molecule has 22 heavy (non-hydrogen) atoms. The van der Waals surface area contributed by atoms with E-state index in [1.807, 2.05) is 43.3 Å². The molecular formula is C18H21N3O. The lowest BCUT2D eigenvalue weighted by molar-refractivity contribution is 0.102. The average molecular weight is 295 g/mol. The number of nitrogens with one attached hydrogen (secondary N) is 2. The Kier molecular flexibility index (Phi) is 4.37. The summed E-state index contributed by atoms with van der Waals surface area (Å²) in [6.45, 7) is 2.00. The molecule has 1 aromatic carbocycles. The number of nitrogens with zero attached hydrogens (tertiary/aromatic N) is 1. The molecule has 3 rings (SSSR count). The van der Waals surface area contributed by atoms with Gasteiger partial charge in [0.25, 0.3) is 5.91 Å². The summed E-state index contributed by atoms with van der Waals surface area (Å²) < 4.78 is 0. The minimum absolute atomic E-state index is 0.180. The standard InChI is InChI=1S/C18H21N3O/c1-13-5-4-8-15(11-13)21-18(22)17-12-16(9-10-19-17)20-14-6-2-3-7-14/h4-5,8-12,14H,2-3,6-7H2,1H3,(H,19,20)(H,21,22). The van der Waals surface area contributed by atoms with Gasteiger partial charge in [-0.15, -0.1) is 0 Å². The van der Waals surface area contributed by atoms with Crippen LogP contribution < -0.4 is 10.6 Å². The van der Waals surface area contributed by atoms with E-state index in [9.17, 15) is 4.79 Å². The molecule has 1 aliphatic carbocycles. The highest BCUT2D eigenvalue weighted by Crippen LogP contribution is 2.22. The number of carbonyl (C=O) groups is 1. The molecule has 1 saturated carbocycles. The van der Waals surface area contributed by atoms with E-state index in [2.05, 4.69) is 15.6 Å². The van der Waals surface area contributed by atoms with Gasteiger partial charge in [-0.05, 0) is 49.6 Å². The zero-order valence-electron chi connectivity index (χ0n) is 12.8. The second-order valence-corrected chi connectivity index (χ2v) is 5.88. The summed E-state index contributed by atoms with van der Waals surface area (Å²) in [5.74, 6) is -0.180. The number of hydrogen-bond donors (Lipinski definition) is 2. The van der Waals surface area contributed by atoms with Crippen LogP contribution in [0.4, 0.5) is 11.4 Å². The van der Waals surface area contributed by atoms with Crippen molar-refractivity contribution in [2.24, 2.45) is 0 Å². The molecule has 2 N–H and O–H groups in total. The van der Waals surface area contributed by atoms with E-state index in [1.54, 1.807) is 6.20 Å². The van der Waals surface area contributed by atoms with E-state index in [0.717, 1.165) is 16.9 Å². The van der Waals surface area contributed by atoms with E-state index in [4.69, 9.17) is 0 Å². The summed E-state index contributed by atoms with van der Waals surface area (Å²) in [6.07, 6.45) is 6.65. The van der Waals surface area contributed by atoms with Crippen molar-refractivity contribution >= 4 is 17.3 Å². The Morgan fingerprint density at radius 2 is 1.95 bits per heavy atom. The molecule has 2 aromatic rings. The van der Waals surface area contributed by atoms with Gasteiger partial charge in [-0.3, -0.25) is 9.78 Å². The first-order chi connectivity index (χ1) is 10.7. The highest BCUT2D eigenvalue weighted by molar-refractivity contribution is 6.03. The summed E-state index contributed by atoms with van der Waals surface area (Å²) >= 11 is 0. The molecule has 1 amide bonds. The van der Waals surface area contributed by atoms with E-state index < -0.39 is 0 Å². The summed E-state index contributed by atoms with van der Waals surface area (Å²) in [6, 6.07) is 12.0. The maximum atomic E-state index is 12.3. The molecule has 1 aliphatic rings. The van der Waals surface area contributed by atoms with Gasteiger partial charge < -0.3 is 10.6 Å². The van der Waals surface area contributed by atoms with Gasteiger partial charge in [-0.25, -0.2) is 0 Å². The van der Waals surface area contributed by atoms with Crippen LogP contribution in [0, 0.1) is 6.92 Å². The number of benzene rings is 1. The smallest absolute Gasteiger partial charge is 0.274 e. The van der Waals surface area contributed by atoms with Crippen molar-refractivity contribution in [1.82, 2.24) is 4.98 Å².